The van der Waals surface area contributed by atoms with Crippen LogP contribution in [-0.4, -0.2) is 23.1 Å². The van der Waals surface area contributed by atoms with Gasteiger partial charge in [0.1, 0.15) is 0 Å². The Kier molecular flexibility index (Phi) is 5.24. The highest BCUT2D eigenvalue weighted by molar-refractivity contribution is 9.11. The number of hydrogen-bond acceptors (Lipinski definition) is 4. The molecule has 23 heavy (non-hydrogen) atoms. The van der Waals surface area contributed by atoms with Gasteiger partial charge in [0.05, 0.1) is 15.5 Å². The molecule has 0 aliphatic heterocycles. The summed E-state index contributed by atoms with van der Waals surface area (Å²) < 4.78 is 51.2. The van der Waals surface area contributed by atoms with E-state index in [0.29, 0.717) is 8.95 Å². The quantitative estimate of drug-likeness (QED) is 0.719. The molecule has 0 unspecified atom stereocenters. The third-order valence-electron chi connectivity index (χ3n) is 3.01. The Morgan fingerprint density at radius 3 is 1.78 bits per heavy atom. The average molecular weight is 483 g/mol. The van der Waals surface area contributed by atoms with Crippen molar-refractivity contribution in [2.24, 2.45) is 0 Å². The first-order valence-corrected chi connectivity index (χ1v) is 11.3. The number of sulfone groups is 1. The number of nitrogens with one attached hydrogen (secondary N) is 1. The molecular formula is C14H13Br2NO4S2. The van der Waals surface area contributed by atoms with Gasteiger partial charge in [-0.2, -0.15) is 0 Å². The van der Waals surface area contributed by atoms with E-state index in [1.54, 1.807) is 12.1 Å². The van der Waals surface area contributed by atoms with Crippen LogP contribution in [0.25, 0.3) is 0 Å². The summed E-state index contributed by atoms with van der Waals surface area (Å²) in [5, 5.41) is 0. The summed E-state index contributed by atoms with van der Waals surface area (Å²) >= 11 is 6.41. The first kappa shape index (κ1) is 18.4. The zero-order valence-electron chi connectivity index (χ0n) is 12.2. The fourth-order valence-electron chi connectivity index (χ4n) is 1.77. The van der Waals surface area contributed by atoms with Crippen molar-refractivity contribution < 1.29 is 16.8 Å². The second kappa shape index (κ2) is 6.54. The highest BCUT2D eigenvalue weighted by Crippen LogP contribution is 2.35. The number of anilines is 1. The number of aryl methyl sites for hydroxylation is 1. The highest BCUT2D eigenvalue weighted by Gasteiger charge is 2.19. The highest BCUT2D eigenvalue weighted by atomic mass is 79.9. The van der Waals surface area contributed by atoms with Gasteiger partial charge in [0.2, 0.25) is 0 Å². The fraction of sp³-hybridized carbons (Fsp3) is 0.143. The second-order valence-electron chi connectivity index (χ2n) is 4.95. The van der Waals surface area contributed by atoms with Crippen LogP contribution >= 0.6 is 31.9 Å². The molecule has 2 rings (SSSR count). The molecule has 0 aromatic heterocycles. The van der Waals surface area contributed by atoms with Gasteiger partial charge in [-0.05, 0) is 63.0 Å². The summed E-state index contributed by atoms with van der Waals surface area (Å²) in [6, 6.07) is 9.12. The maximum Gasteiger partial charge on any atom is 0.261 e. The lowest BCUT2D eigenvalue weighted by Crippen LogP contribution is -2.14. The van der Waals surface area contributed by atoms with Gasteiger partial charge in [-0.25, -0.2) is 16.8 Å². The lowest BCUT2D eigenvalue weighted by atomic mass is 10.2. The van der Waals surface area contributed by atoms with Crippen LogP contribution in [0.3, 0.4) is 0 Å². The summed E-state index contributed by atoms with van der Waals surface area (Å²) in [6.45, 7) is 1.86. The zero-order chi connectivity index (χ0) is 17.4. The van der Waals surface area contributed by atoms with Crippen molar-refractivity contribution >= 4 is 57.4 Å². The molecule has 0 bridgehead atoms. The van der Waals surface area contributed by atoms with Crippen molar-refractivity contribution in [2.45, 2.75) is 16.7 Å². The molecule has 0 heterocycles. The molecule has 124 valence electrons. The Balaban J connectivity index is 2.46. The topological polar surface area (TPSA) is 80.3 Å². The number of rotatable bonds is 4. The first-order valence-electron chi connectivity index (χ1n) is 6.29. The summed E-state index contributed by atoms with van der Waals surface area (Å²) in [5.74, 6) is 0. The van der Waals surface area contributed by atoms with E-state index in [1.807, 2.05) is 6.92 Å². The van der Waals surface area contributed by atoms with E-state index < -0.39 is 19.9 Å². The predicted octanol–water partition coefficient (Wildman–Crippen LogP) is 3.72. The van der Waals surface area contributed by atoms with Gasteiger partial charge < -0.3 is 0 Å². The van der Waals surface area contributed by atoms with Gasteiger partial charge in [-0.15, -0.1) is 0 Å². The van der Waals surface area contributed by atoms with E-state index in [9.17, 15) is 16.8 Å². The monoisotopic (exact) mass is 481 g/mol. The minimum Gasteiger partial charge on any atom is -0.277 e. The Bertz CT molecular complexity index is 930. The third kappa shape index (κ3) is 4.34. The minimum absolute atomic E-state index is 0.0783. The molecule has 0 saturated heterocycles. The number of sulfonamides is 1. The molecule has 0 saturated carbocycles. The van der Waals surface area contributed by atoms with Gasteiger partial charge in [-0.1, -0.05) is 17.7 Å². The SMILES string of the molecule is Cc1ccc(S(=O)(=O)Nc2c(Br)cc(S(C)(=O)=O)cc2Br)cc1. The van der Waals surface area contributed by atoms with Crippen molar-refractivity contribution in [1.82, 2.24) is 0 Å². The number of hydrogen-bond donors (Lipinski definition) is 1. The Labute approximate surface area is 152 Å². The van der Waals surface area contributed by atoms with Crippen LogP contribution in [-0.2, 0) is 19.9 Å². The van der Waals surface area contributed by atoms with Gasteiger partial charge >= 0.3 is 0 Å². The van der Waals surface area contributed by atoms with Crippen molar-refractivity contribution in [2.75, 3.05) is 11.0 Å². The van der Waals surface area contributed by atoms with E-state index >= 15 is 0 Å². The number of halogens is 2. The molecule has 0 fully saturated rings. The normalized spacial score (nSPS) is 12.2. The Hall–Kier alpha value is -0.900. The van der Waals surface area contributed by atoms with Gasteiger partial charge in [0.15, 0.2) is 9.84 Å². The molecule has 0 aliphatic rings. The molecule has 0 atom stereocenters. The number of benzene rings is 2. The van der Waals surface area contributed by atoms with Crippen LogP contribution < -0.4 is 4.72 Å². The molecule has 5 nitrogen and oxygen atoms in total. The van der Waals surface area contributed by atoms with Crippen molar-refractivity contribution in [3.05, 3.63) is 50.9 Å². The van der Waals surface area contributed by atoms with Crippen LogP contribution in [0.1, 0.15) is 5.56 Å². The largest absolute Gasteiger partial charge is 0.277 e. The van der Waals surface area contributed by atoms with Gasteiger partial charge in [0, 0.05) is 15.2 Å². The standard InChI is InChI=1S/C14H13Br2NO4S2/c1-9-3-5-10(6-4-9)23(20,21)17-14-12(15)7-11(8-13(14)16)22(2,18)19/h3-8,17H,1-2H3. The average Bonchev–Trinajstić information content (AvgIpc) is 2.42. The summed E-state index contributed by atoms with van der Waals surface area (Å²) in [6.07, 6.45) is 1.08. The Morgan fingerprint density at radius 2 is 1.35 bits per heavy atom. The predicted molar refractivity (Wildman–Crippen MR) is 96.9 cm³/mol. The fourth-order valence-corrected chi connectivity index (χ4v) is 5.49. The molecule has 0 aliphatic carbocycles. The smallest absolute Gasteiger partial charge is 0.261 e. The molecule has 0 radical (unpaired) electrons. The Morgan fingerprint density at radius 1 is 0.870 bits per heavy atom. The van der Waals surface area contributed by atoms with Crippen LogP contribution in [0.4, 0.5) is 5.69 Å². The van der Waals surface area contributed by atoms with Crippen molar-refractivity contribution in [3.8, 4) is 0 Å². The molecule has 2 aromatic rings. The van der Waals surface area contributed by atoms with Crippen molar-refractivity contribution in [3.63, 3.8) is 0 Å². The molecule has 1 N–H and O–H groups in total. The maximum absolute atomic E-state index is 12.4. The van der Waals surface area contributed by atoms with Crippen LogP contribution in [0.2, 0.25) is 0 Å². The molecule has 0 amide bonds. The lowest BCUT2D eigenvalue weighted by Gasteiger charge is -2.13. The summed E-state index contributed by atoms with van der Waals surface area (Å²) in [4.78, 5) is 0.198. The first-order chi connectivity index (χ1) is 10.5. The van der Waals surface area contributed by atoms with Crippen LogP contribution in [0.5, 0.6) is 0 Å². The third-order valence-corrected chi connectivity index (χ3v) is 6.72. The minimum atomic E-state index is -3.78. The molecular weight excluding hydrogens is 470 g/mol. The van der Waals surface area contributed by atoms with Gasteiger partial charge in [0.25, 0.3) is 10.0 Å². The molecule has 2 aromatic carbocycles. The van der Waals surface area contributed by atoms with E-state index in [0.717, 1.165) is 11.8 Å². The molecule has 0 spiro atoms. The summed E-state index contributed by atoms with van der Waals surface area (Å²) in [5.41, 5.74) is 1.18. The van der Waals surface area contributed by atoms with Gasteiger partial charge in [-0.3, -0.25) is 4.72 Å². The lowest BCUT2D eigenvalue weighted by molar-refractivity contribution is 0.600. The second-order valence-corrected chi connectivity index (χ2v) is 10.4. The summed E-state index contributed by atoms with van der Waals surface area (Å²) in [7, 11) is -7.19. The van der Waals surface area contributed by atoms with Crippen LogP contribution in [0, 0.1) is 6.92 Å². The van der Waals surface area contributed by atoms with E-state index in [4.69, 9.17) is 0 Å². The zero-order valence-corrected chi connectivity index (χ0v) is 17.0. The van der Waals surface area contributed by atoms with E-state index in [2.05, 4.69) is 36.6 Å². The molecule has 9 heteroatoms. The van der Waals surface area contributed by atoms with Crippen molar-refractivity contribution in [1.29, 1.82) is 0 Å². The maximum atomic E-state index is 12.4. The van der Waals surface area contributed by atoms with Crippen LogP contribution in [0.15, 0.2) is 55.1 Å². The van der Waals surface area contributed by atoms with E-state index in [1.165, 1.54) is 24.3 Å². The van der Waals surface area contributed by atoms with E-state index in [-0.39, 0.29) is 15.5 Å².